The van der Waals surface area contributed by atoms with Gasteiger partial charge in [0.15, 0.2) is 0 Å². The quantitative estimate of drug-likeness (QED) is 0.438. The number of alkyl halides is 3. The number of aryl methyl sites for hydroxylation is 2. The fourth-order valence-electron chi connectivity index (χ4n) is 3.33. The zero-order valence-electron chi connectivity index (χ0n) is 17.3. The van der Waals surface area contributed by atoms with Crippen molar-refractivity contribution in [3.05, 3.63) is 68.8 Å². The fourth-order valence-corrected chi connectivity index (χ4v) is 3.85. The highest BCUT2D eigenvalue weighted by molar-refractivity contribution is 6.36. The highest BCUT2D eigenvalue weighted by Gasteiger charge is 2.37. The number of aromatic nitrogens is 6. The van der Waals surface area contributed by atoms with Crippen molar-refractivity contribution in [3.63, 3.8) is 0 Å². The van der Waals surface area contributed by atoms with Gasteiger partial charge in [0, 0.05) is 38.6 Å². The first kappa shape index (κ1) is 23.0. The Labute approximate surface area is 195 Å². The first-order valence-corrected chi connectivity index (χ1v) is 10.3. The van der Waals surface area contributed by atoms with Crippen LogP contribution in [0, 0.1) is 13.8 Å². The Morgan fingerprint density at radius 1 is 1.09 bits per heavy atom. The molecule has 8 nitrogen and oxygen atoms in total. The van der Waals surface area contributed by atoms with Crippen molar-refractivity contribution in [2.45, 2.75) is 33.0 Å². The number of benzene rings is 1. The van der Waals surface area contributed by atoms with Crippen LogP contribution < -0.4 is 5.32 Å². The molecule has 0 aliphatic heterocycles. The molecule has 13 heteroatoms. The van der Waals surface area contributed by atoms with E-state index in [9.17, 15) is 18.0 Å². The SMILES string of the molecule is Cc1nc2nc(C(F)(F)F)nn2c(C)c1CC(=O)Nc1ccnn1Cc1c(Cl)cccc1Cl. The molecule has 0 saturated heterocycles. The summed E-state index contributed by atoms with van der Waals surface area (Å²) in [6, 6.07) is 6.74. The van der Waals surface area contributed by atoms with Gasteiger partial charge >= 0.3 is 6.18 Å². The number of amides is 1. The van der Waals surface area contributed by atoms with Gasteiger partial charge in [-0.15, -0.1) is 5.10 Å². The monoisotopic (exact) mass is 497 g/mol. The van der Waals surface area contributed by atoms with Gasteiger partial charge in [0.1, 0.15) is 5.82 Å². The van der Waals surface area contributed by atoms with Crippen molar-refractivity contribution in [1.82, 2.24) is 29.4 Å². The third kappa shape index (κ3) is 4.64. The molecule has 1 amide bonds. The van der Waals surface area contributed by atoms with Gasteiger partial charge in [-0.05, 0) is 26.0 Å². The average Bonchev–Trinajstić information content (AvgIpc) is 3.35. The summed E-state index contributed by atoms with van der Waals surface area (Å²) in [6.07, 6.45) is -3.33. The van der Waals surface area contributed by atoms with Gasteiger partial charge in [0.25, 0.3) is 11.6 Å². The number of anilines is 1. The Hall–Kier alpha value is -3.18. The van der Waals surface area contributed by atoms with Crippen molar-refractivity contribution < 1.29 is 18.0 Å². The lowest BCUT2D eigenvalue weighted by Gasteiger charge is -2.13. The first-order chi connectivity index (χ1) is 15.5. The largest absolute Gasteiger partial charge is 0.453 e. The van der Waals surface area contributed by atoms with Crippen LogP contribution in [0.4, 0.5) is 19.0 Å². The van der Waals surface area contributed by atoms with E-state index in [4.69, 9.17) is 23.2 Å². The summed E-state index contributed by atoms with van der Waals surface area (Å²) < 4.78 is 41.4. The highest BCUT2D eigenvalue weighted by Crippen LogP contribution is 2.28. The molecule has 0 radical (unpaired) electrons. The molecule has 0 fully saturated rings. The maximum atomic E-state index is 13.0. The van der Waals surface area contributed by atoms with Crippen LogP contribution in [-0.4, -0.2) is 35.3 Å². The molecule has 1 N–H and O–H groups in total. The smallest absolute Gasteiger partial charge is 0.311 e. The van der Waals surface area contributed by atoms with E-state index >= 15 is 0 Å². The average molecular weight is 498 g/mol. The fraction of sp³-hybridized carbons (Fsp3) is 0.250. The van der Waals surface area contributed by atoms with E-state index < -0.39 is 17.9 Å². The first-order valence-electron chi connectivity index (χ1n) is 9.59. The van der Waals surface area contributed by atoms with Gasteiger partial charge in [-0.3, -0.25) is 4.79 Å². The molecule has 1 aromatic carbocycles. The molecule has 3 heterocycles. The lowest BCUT2D eigenvalue weighted by Crippen LogP contribution is -2.20. The van der Waals surface area contributed by atoms with Crippen LogP contribution in [0.2, 0.25) is 10.0 Å². The molecule has 33 heavy (non-hydrogen) atoms. The Balaban J connectivity index is 1.56. The molecule has 4 rings (SSSR count). The molecule has 4 aromatic rings. The van der Waals surface area contributed by atoms with E-state index in [0.29, 0.717) is 38.4 Å². The summed E-state index contributed by atoms with van der Waals surface area (Å²) >= 11 is 12.4. The minimum Gasteiger partial charge on any atom is -0.311 e. The molecule has 0 aliphatic rings. The van der Waals surface area contributed by atoms with E-state index in [0.717, 1.165) is 4.52 Å². The summed E-state index contributed by atoms with van der Waals surface area (Å²) in [5, 5.41) is 11.4. The predicted molar refractivity (Wildman–Crippen MR) is 115 cm³/mol. The van der Waals surface area contributed by atoms with Gasteiger partial charge in [0.2, 0.25) is 5.91 Å². The van der Waals surface area contributed by atoms with E-state index in [-0.39, 0.29) is 18.7 Å². The zero-order chi connectivity index (χ0) is 23.9. The lowest BCUT2D eigenvalue weighted by molar-refractivity contribution is -0.144. The van der Waals surface area contributed by atoms with Gasteiger partial charge in [0.05, 0.1) is 19.2 Å². The maximum absolute atomic E-state index is 13.0. The number of carbonyl (C=O) groups is 1. The van der Waals surface area contributed by atoms with E-state index in [1.165, 1.54) is 10.9 Å². The van der Waals surface area contributed by atoms with E-state index in [1.807, 2.05) is 0 Å². The normalized spacial score (nSPS) is 11.8. The molecular formula is C20H16Cl2F3N7O. The summed E-state index contributed by atoms with van der Waals surface area (Å²) in [5.41, 5.74) is 1.81. The molecular weight excluding hydrogens is 482 g/mol. The molecule has 0 unspecified atom stereocenters. The second-order valence-corrected chi connectivity index (χ2v) is 8.02. The topological polar surface area (TPSA) is 90.0 Å². The third-order valence-electron chi connectivity index (χ3n) is 4.99. The molecule has 3 aromatic heterocycles. The Kier molecular flexibility index (Phi) is 6.02. The number of fused-ring (bicyclic) bond motifs is 1. The van der Waals surface area contributed by atoms with Crippen LogP contribution in [0.3, 0.4) is 0 Å². The van der Waals surface area contributed by atoms with Gasteiger partial charge < -0.3 is 5.32 Å². The summed E-state index contributed by atoms with van der Waals surface area (Å²) in [4.78, 5) is 20.3. The van der Waals surface area contributed by atoms with Crippen LogP contribution in [0.25, 0.3) is 5.78 Å². The van der Waals surface area contributed by atoms with Crippen molar-refractivity contribution >= 4 is 40.7 Å². The van der Waals surface area contributed by atoms with Crippen LogP contribution >= 0.6 is 23.2 Å². The second kappa shape index (κ2) is 8.64. The summed E-state index contributed by atoms with van der Waals surface area (Å²) in [7, 11) is 0. The number of nitrogens with one attached hydrogen (secondary N) is 1. The van der Waals surface area contributed by atoms with Crippen molar-refractivity contribution in [1.29, 1.82) is 0 Å². The lowest BCUT2D eigenvalue weighted by atomic mass is 10.1. The van der Waals surface area contributed by atoms with E-state index in [2.05, 4.69) is 25.5 Å². The number of halogens is 5. The van der Waals surface area contributed by atoms with Crippen LogP contribution in [0.15, 0.2) is 30.5 Å². The molecule has 0 aliphatic carbocycles. The Morgan fingerprint density at radius 3 is 2.45 bits per heavy atom. The highest BCUT2D eigenvalue weighted by atomic mass is 35.5. The third-order valence-corrected chi connectivity index (χ3v) is 5.70. The number of rotatable bonds is 5. The Morgan fingerprint density at radius 2 is 1.79 bits per heavy atom. The van der Waals surface area contributed by atoms with Crippen molar-refractivity contribution in [3.8, 4) is 0 Å². The minimum absolute atomic E-state index is 0.139. The Bertz CT molecular complexity index is 1340. The van der Waals surface area contributed by atoms with Crippen molar-refractivity contribution in [2.75, 3.05) is 5.32 Å². The second-order valence-electron chi connectivity index (χ2n) is 7.21. The molecule has 172 valence electrons. The maximum Gasteiger partial charge on any atom is 0.453 e. The number of carbonyl (C=O) groups excluding carboxylic acids is 1. The summed E-state index contributed by atoms with van der Waals surface area (Å²) in [6.45, 7) is 3.38. The predicted octanol–water partition coefficient (Wildman–Crippen LogP) is 4.49. The zero-order valence-corrected chi connectivity index (χ0v) is 18.8. The molecule has 0 bridgehead atoms. The van der Waals surface area contributed by atoms with Gasteiger partial charge in [-0.2, -0.15) is 23.3 Å². The van der Waals surface area contributed by atoms with Crippen LogP contribution in [-0.2, 0) is 23.9 Å². The van der Waals surface area contributed by atoms with Crippen LogP contribution in [0.5, 0.6) is 0 Å². The molecule has 0 spiro atoms. The number of hydrogen-bond donors (Lipinski definition) is 1. The number of nitrogens with zero attached hydrogens (tertiary/aromatic N) is 6. The number of hydrogen-bond acceptors (Lipinski definition) is 5. The van der Waals surface area contributed by atoms with E-state index in [1.54, 1.807) is 38.1 Å². The van der Waals surface area contributed by atoms with Gasteiger partial charge in [-0.25, -0.2) is 14.2 Å². The standard InChI is InChI=1S/C20H16Cl2F3N7O/c1-10-12(11(2)32-19(27-10)29-18(30-32)20(23,24)25)8-17(33)28-16-6-7-26-31(16)9-13-14(21)4-3-5-15(13)22/h3-7H,8-9H2,1-2H3,(H,28,33). The molecule has 0 atom stereocenters. The summed E-state index contributed by atoms with van der Waals surface area (Å²) in [5.74, 6) is -1.48. The van der Waals surface area contributed by atoms with Crippen molar-refractivity contribution in [2.24, 2.45) is 0 Å². The molecule has 0 saturated carbocycles. The minimum atomic E-state index is -4.70. The van der Waals surface area contributed by atoms with Crippen LogP contribution in [0.1, 0.15) is 28.3 Å². The van der Waals surface area contributed by atoms with Gasteiger partial charge in [-0.1, -0.05) is 29.3 Å².